The lowest BCUT2D eigenvalue weighted by Gasteiger charge is -2.33. The maximum Gasteiger partial charge on any atom is 0.287 e. The highest BCUT2D eigenvalue weighted by Gasteiger charge is 2.49. The molecule has 200 valence electrons. The first-order chi connectivity index (χ1) is 18.2. The number of furan rings is 1. The van der Waals surface area contributed by atoms with E-state index in [0.717, 1.165) is 16.7 Å². The van der Waals surface area contributed by atoms with Crippen molar-refractivity contribution in [1.29, 1.82) is 0 Å². The van der Waals surface area contributed by atoms with Gasteiger partial charge in [-0.2, -0.15) is 0 Å². The van der Waals surface area contributed by atoms with E-state index < -0.39 is 34.7 Å². The van der Waals surface area contributed by atoms with Crippen LogP contribution in [0, 0.1) is 6.92 Å². The number of carbonyl (C=O) groups is 3. The van der Waals surface area contributed by atoms with E-state index in [0.29, 0.717) is 6.54 Å². The van der Waals surface area contributed by atoms with E-state index in [2.05, 4.69) is 10.6 Å². The predicted molar refractivity (Wildman–Crippen MR) is 146 cm³/mol. The average molecular weight is 536 g/mol. The molecular weight excluding hydrogens is 502 g/mol. The Morgan fingerprint density at radius 1 is 1.08 bits per heavy atom. The van der Waals surface area contributed by atoms with Gasteiger partial charge < -0.3 is 25.1 Å². The first-order valence-corrected chi connectivity index (χ1v) is 13.5. The second-order valence-electron chi connectivity index (χ2n) is 9.92. The molecule has 1 aliphatic heterocycles. The predicted octanol–water partition coefficient (Wildman–Crippen LogP) is 3.29. The first-order valence-electron chi connectivity index (χ1n) is 12.5. The van der Waals surface area contributed by atoms with E-state index in [1.807, 2.05) is 75.4 Å². The molecule has 38 heavy (non-hydrogen) atoms. The van der Waals surface area contributed by atoms with Crippen LogP contribution in [0.2, 0.25) is 0 Å². The number of aryl methyl sites for hydroxylation is 1. The van der Waals surface area contributed by atoms with Crippen molar-refractivity contribution in [3.05, 3.63) is 95.4 Å². The van der Waals surface area contributed by atoms with Crippen LogP contribution >= 0.6 is 11.8 Å². The van der Waals surface area contributed by atoms with Crippen molar-refractivity contribution in [2.75, 3.05) is 5.88 Å². The van der Waals surface area contributed by atoms with Gasteiger partial charge in [0.05, 0.1) is 18.2 Å². The molecule has 3 N–H and O–H groups in total. The molecule has 1 aliphatic rings. The number of aliphatic hydroxyl groups is 1. The molecule has 0 radical (unpaired) electrons. The summed E-state index contributed by atoms with van der Waals surface area (Å²) in [5.41, 5.74) is 2.89. The molecule has 1 fully saturated rings. The second kappa shape index (κ2) is 11.9. The van der Waals surface area contributed by atoms with Crippen LogP contribution in [0.25, 0.3) is 0 Å². The fourth-order valence-corrected chi connectivity index (χ4v) is 5.74. The average Bonchev–Trinajstić information content (AvgIpc) is 3.55. The highest BCUT2D eigenvalue weighted by Crippen LogP contribution is 2.40. The summed E-state index contributed by atoms with van der Waals surface area (Å²) in [6.07, 6.45) is 0.0245. The minimum absolute atomic E-state index is 0.0778. The third kappa shape index (κ3) is 6.28. The SMILES string of the molecule is Cc1ccccc1CNC(=O)C1N(C(=O)C(O)C(Cc2ccccc2)NC(=O)c2ccco2)CSC1(C)C. The third-order valence-corrected chi connectivity index (χ3v) is 8.16. The van der Waals surface area contributed by atoms with Crippen molar-refractivity contribution in [1.82, 2.24) is 15.5 Å². The van der Waals surface area contributed by atoms with E-state index >= 15 is 0 Å². The number of carbonyl (C=O) groups excluding carboxylic acids is 3. The first kappa shape index (κ1) is 27.5. The smallest absolute Gasteiger partial charge is 0.287 e. The van der Waals surface area contributed by atoms with E-state index in [4.69, 9.17) is 4.42 Å². The molecule has 1 aromatic heterocycles. The Bertz CT molecular complexity index is 1260. The number of hydrogen-bond acceptors (Lipinski definition) is 6. The van der Waals surface area contributed by atoms with Crippen molar-refractivity contribution in [2.45, 2.75) is 56.7 Å². The van der Waals surface area contributed by atoms with Gasteiger partial charge in [-0.1, -0.05) is 54.6 Å². The normalized spacial score (nSPS) is 18.0. The molecule has 0 bridgehead atoms. The zero-order valence-electron chi connectivity index (χ0n) is 21.7. The molecule has 8 nitrogen and oxygen atoms in total. The van der Waals surface area contributed by atoms with Crippen LogP contribution in [0.5, 0.6) is 0 Å². The molecule has 0 spiro atoms. The Kier molecular flexibility index (Phi) is 8.58. The van der Waals surface area contributed by atoms with Gasteiger partial charge in [-0.05, 0) is 56.0 Å². The summed E-state index contributed by atoms with van der Waals surface area (Å²) >= 11 is 1.47. The Morgan fingerprint density at radius 3 is 2.47 bits per heavy atom. The number of thioether (sulfide) groups is 1. The van der Waals surface area contributed by atoms with Crippen molar-refractivity contribution in [2.24, 2.45) is 0 Å². The van der Waals surface area contributed by atoms with Gasteiger partial charge in [-0.15, -0.1) is 11.8 Å². The summed E-state index contributed by atoms with van der Waals surface area (Å²) in [7, 11) is 0. The summed E-state index contributed by atoms with van der Waals surface area (Å²) in [5, 5.41) is 17.0. The van der Waals surface area contributed by atoms with Crippen LogP contribution in [0.4, 0.5) is 0 Å². The highest BCUT2D eigenvalue weighted by atomic mass is 32.2. The van der Waals surface area contributed by atoms with Gasteiger partial charge >= 0.3 is 0 Å². The van der Waals surface area contributed by atoms with Gasteiger partial charge in [0.15, 0.2) is 11.9 Å². The summed E-state index contributed by atoms with van der Waals surface area (Å²) < 4.78 is 4.62. The van der Waals surface area contributed by atoms with E-state index in [1.165, 1.54) is 29.0 Å². The van der Waals surface area contributed by atoms with E-state index in [-0.39, 0.29) is 24.0 Å². The lowest BCUT2D eigenvalue weighted by atomic mass is 9.97. The van der Waals surface area contributed by atoms with E-state index in [1.54, 1.807) is 6.07 Å². The Morgan fingerprint density at radius 2 is 1.79 bits per heavy atom. The number of rotatable bonds is 9. The molecule has 1 saturated heterocycles. The number of nitrogens with one attached hydrogen (secondary N) is 2. The summed E-state index contributed by atoms with van der Waals surface area (Å²) in [4.78, 5) is 41.3. The quantitative estimate of drug-likeness (QED) is 0.388. The lowest BCUT2D eigenvalue weighted by Crippen LogP contribution is -2.58. The van der Waals surface area contributed by atoms with Crippen LogP contribution in [-0.4, -0.2) is 56.5 Å². The zero-order chi connectivity index (χ0) is 27.3. The van der Waals surface area contributed by atoms with E-state index in [9.17, 15) is 19.5 Å². The Labute approximate surface area is 226 Å². The monoisotopic (exact) mass is 535 g/mol. The minimum Gasteiger partial charge on any atom is -0.459 e. The van der Waals surface area contributed by atoms with Crippen molar-refractivity contribution >= 4 is 29.5 Å². The van der Waals surface area contributed by atoms with Crippen LogP contribution in [0.1, 0.15) is 41.1 Å². The standard InChI is InChI=1S/C29H33N3O5S/c1-19-10-7-8-13-21(19)17-30-27(35)25-29(2,3)38-18-32(25)28(36)24(33)22(16-20-11-5-4-6-12-20)31-26(34)23-14-9-15-37-23/h4-15,22,24-25,33H,16-18H2,1-3H3,(H,30,35)(H,31,34). The molecule has 2 heterocycles. The van der Waals surface area contributed by atoms with Crippen LogP contribution in [0.15, 0.2) is 77.4 Å². The number of nitrogens with zero attached hydrogens (tertiary/aromatic N) is 1. The topological polar surface area (TPSA) is 112 Å². The molecule has 4 rings (SSSR count). The number of hydrogen-bond donors (Lipinski definition) is 3. The van der Waals surface area contributed by atoms with Crippen LogP contribution < -0.4 is 10.6 Å². The van der Waals surface area contributed by atoms with Crippen molar-refractivity contribution in [3.63, 3.8) is 0 Å². The molecule has 0 saturated carbocycles. The number of benzene rings is 2. The number of amides is 3. The molecule has 3 atom stereocenters. The molecule has 3 aromatic rings. The molecule has 3 unspecified atom stereocenters. The fourth-order valence-electron chi connectivity index (χ4n) is 4.60. The maximum absolute atomic E-state index is 13.7. The van der Waals surface area contributed by atoms with Gasteiger partial charge in [0.25, 0.3) is 11.8 Å². The Hall–Kier alpha value is -3.56. The zero-order valence-corrected chi connectivity index (χ0v) is 22.5. The summed E-state index contributed by atoms with van der Waals surface area (Å²) in [6, 6.07) is 18.4. The van der Waals surface area contributed by atoms with Crippen molar-refractivity contribution in [3.8, 4) is 0 Å². The highest BCUT2D eigenvalue weighted by molar-refractivity contribution is 8.00. The third-order valence-electron chi connectivity index (χ3n) is 6.79. The van der Waals surface area contributed by atoms with Crippen LogP contribution in [-0.2, 0) is 22.6 Å². The molecule has 9 heteroatoms. The van der Waals surface area contributed by atoms with Gasteiger partial charge in [-0.3, -0.25) is 14.4 Å². The van der Waals surface area contributed by atoms with Crippen molar-refractivity contribution < 1.29 is 23.9 Å². The summed E-state index contributed by atoms with van der Waals surface area (Å²) in [6.45, 7) is 6.14. The second-order valence-corrected chi connectivity index (χ2v) is 11.5. The molecule has 0 aliphatic carbocycles. The lowest BCUT2D eigenvalue weighted by molar-refractivity contribution is -0.147. The summed E-state index contributed by atoms with van der Waals surface area (Å²) in [5.74, 6) is -1.11. The maximum atomic E-state index is 13.7. The van der Waals surface area contributed by atoms with Crippen LogP contribution in [0.3, 0.4) is 0 Å². The Balaban J connectivity index is 1.52. The molecule has 2 aromatic carbocycles. The van der Waals surface area contributed by atoms with Gasteiger partial charge in [-0.25, -0.2) is 0 Å². The fraction of sp³-hybridized carbons (Fsp3) is 0.345. The largest absolute Gasteiger partial charge is 0.459 e. The van der Waals surface area contributed by atoms with Gasteiger partial charge in [0.1, 0.15) is 6.04 Å². The molecule has 3 amide bonds. The van der Waals surface area contributed by atoms with Gasteiger partial charge in [0, 0.05) is 11.3 Å². The minimum atomic E-state index is -1.57. The number of aliphatic hydroxyl groups excluding tert-OH is 1. The van der Waals surface area contributed by atoms with Gasteiger partial charge in [0.2, 0.25) is 5.91 Å². The molecular formula is C29H33N3O5S.